The zero-order chi connectivity index (χ0) is 21.9. The molecule has 0 saturated heterocycles. The molecular formula is C23H25N7O2. The van der Waals surface area contributed by atoms with E-state index in [0.717, 1.165) is 40.8 Å². The molecule has 3 aromatic heterocycles. The van der Waals surface area contributed by atoms with Gasteiger partial charge in [0.1, 0.15) is 24.3 Å². The molecule has 1 aromatic carbocycles. The highest BCUT2D eigenvalue weighted by Crippen LogP contribution is 2.37. The number of benzene rings is 1. The van der Waals surface area contributed by atoms with Gasteiger partial charge in [0.15, 0.2) is 11.5 Å². The Morgan fingerprint density at radius 2 is 2.09 bits per heavy atom. The molecule has 0 amide bonds. The molecule has 4 N–H and O–H groups in total. The number of nitrogens with two attached hydrogens (primary N) is 1. The van der Waals surface area contributed by atoms with E-state index < -0.39 is 6.10 Å². The first-order valence-electron chi connectivity index (χ1n) is 10.7. The standard InChI is InChI=1S/C23H25N7O2/c24-10-18(31)14-32-19-5-1-4-16(9-19)21-28-22(26-12-15-3-2-8-25-11-15)20-13-27-30(17-6-7-17)23(20)29-21/h1-5,8-9,11,13,17-18,31H,6-7,10,12,14,24H2,(H,26,28,29). The summed E-state index contributed by atoms with van der Waals surface area (Å²) >= 11 is 0. The van der Waals surface area contributed by atoms with E-state index in [-0.39, 0.29) is 13.2 Å². The molecule has 1 unspecified atom stereocenters. The van der Waals surface area contributed by atoms with E-state index in [9.17, 15) is 5.11 Å². The molecular weight excluding hydrogens is 406 g/mol. The maximum absolute atomic E-state index is 9.68. The quantitative estimate of drug-likeness (QED) is 0.369. The van der Waals surface area contributed by atoms with Crippen LogP contribution in [0, 0.1) is 0 Å². The maximum Gasteiger partial charge on any atom is 0.164 e. The van der Waals surface area contributed by atoms with Crippen LogP contribution in [0.4, 0.5) is 5.82 Å². The first kappa shape index (κ1) is 20.3. The number of nitrogens with one attached hydrogen (secondary N) is 1. The second-order valence-corrected chi connectivity index (χ2v) is 7.90. The van der Waals surface area contributed by atoms with Crippen molar-refractivity contribution in [2.24, 2.45) is 5.73 Å². The summed E-state index contributed by atoms with van der Waals surface area (Å²) in [6, 6.07) is 11.9. The first-order valence-corrected chi connectivity index (χ1v) is 10.7. The third-order valence-electron chi connectivity index (χ3n) is 5.34. The largest absolute Gasteiger partial charge is 0.491 e. The van der Waals surface area contributed by atoms with Gasteiger partial charge in [0.25, 0.3) is 0 Å². The third kappa shape index (κ3) is 4.39. The van der Waals surface area contributed by atoms with Crippen molar-refractivity contribution >= 4 is 16.9 Å². The molecule has 0 spiro atoms. The van der Waals surface area contributed by atoms with Crippen molar-refractivity contribution in [1.29, 1.82) is 0 Å². The zero-order valence-electron chi connectivity index (χ0n) is 17.6. The second-order valence-electron chi connectivity index (χ2n) is 7.90. The molecule has 0 radical (unpaired) electrons. The lowest BCUT2D eigenvalue weighted by Crippen LogP contribution is -2.26. The highest BCUT2D eigenvalue weighted by Gasteiger charge is 2.27. The Hall–Kier alpha value is -3.56. The number of aliphatic hydroxyl groups is 1. The Kier molecular flexibility index (Phi) is 5.66. The Morgan fingerprint density at radius 1 is 1.19 bits per heavy atom. The molecule has 5 rings (SSSR count). The predicted octanol–water partition coefficient (Wildman–Crippen LogP) is 2.53. The minimum absolute atomic E-state index is 0.131. The van der Waals surface area contributed by atoms with Crippen LogP contribution in [0.1, 0.15) is 24.4 Å². The van der Waals surface area contributed by atoms with Gasteiger partial charge < -0.3 is 20.9 Å². The van der Waals surface area contributed by atoms with E-state index in [1.165, 1.54) is 0 Å². The highest BCUT2D eigenvalue weighted by molar-refractivity contribution is 5.88. The minimum atomic E-state index is -0.706. The van der Waals surface area contributed by atoms with E-state index in [1.807, 2.05) is 53.5 Å². The molecule has 1 saturated carbocycles. The molecule has 0 bridgehead atoms. The van der Waals surface area contributed by atoms with E-state index in [4.69, 9.17) is 20.4 Å². The summed E-state index contributed by atoms with van der Waals surface area (Å²) < 4.78 is 7.67. The number of hydrogen-bond donors (Lipinski definition) is 3. The van der Waals surface area contributed by atoms with Gasteiger partial charge in [0.2, 0.25) is 0 Å². The summed E-state index contributed by atoms with van der Waals surface area (Å²) in [5.74, 6) is 1.93. The molecule has 0 aliphatic heterocycles. The first-order chi connectivity index (χ1) is 15.7. The molecule has 9 heteroatoms. The van der Waals surface area contributed by atoms with Crippen LogP contribution in [-0.2, 0) is 6.54 Å². The number of hydrogen-bond acceptors (Lipinski definition) is 8. The van der Waals surface area contributed by atoms with Gasteiger partial charge in [-0.05, 0) is 36.6 Å². The maximum atomic E-state index is 9.68. The molecule has 164 valence electrons. The van der Waals surface area contributed by atoms with Gasteiger partial charge in [0, 0.05) is 31.0 Å². The smallest absolute Gasteiger partial charge is 0.164 e. The van der Waals surface area contributed by atoms with Crippen molar-refractivity contribution in [1.82, 2.24) is 24.7 Å². The fourth-order valence-corrected chi connectivity index (χ4v) is 3.45. The molecule has 3 heterocycles. The van der Waals surface area contributed by atoms with Crippen molar-refractivity contribution in [2.75, 3.05) is 18.5 Å². The normalized spacial score (nSPS) is 14.4. The lowest BCUT2D eigenvalue weighted by molar-refractivity contribution is 0.114. The minimum Gasteiger partial charge on any atom is -0.491 e. The number of aliphatic hydroxyl groups excluding tert-OH is 1. The number of anilines is 1. The fraction of sp³-hybridized carbons (Fsp3) is 0.304. The Balaban J connectivity index is 1.49. The van der Waals surface area contributed by atoms with Gasteiger partial charge in [-0.2, -0.15) is 5.10 Å². The van der Waals surface area contributed by atoms with Gasteiger partial charge in [-0.3, -0.25) is 4.98 Å². The number of nitrogens with zero attached hydrogens (tertiary/aromatic N) is 5. The molecule has 4 aromatic rings. The number of rotatable bonds is 9. The molecule has 9 nitrogen and oxygen atoms in total. The summed E-state index contributed by atoms with van der Waals surface area (Å²) in [5, 5.41) is 18.6. The summed E-state index contributed by atoms with van der Waals surface area (Å²) in [5.41, 5.74) is 8.16. The van der Waals surface area contributed by atoms with Crippen molar-refractivity contribution in [3.63, 3.8) is 0 Å². The van der Waals surface area contributed by atoms with Gasteiger partial charge in [-0.15, -0.1) is 0 Å². The summed E-state index contributed by atoms with van der Waals surface area (Å²) in [7, 11) is 0. The average molecular weight is 432 g/mol. The van der Waals surface area contributed by atoms with Crippen molar-refractivity contribution in [3.05, 3.63) is 60.6 Å². The van der Waals surface area contributed by atoms with Gasteiger partial charge in [-0.1, -0.05) is 18.2 Å². The van der Waals surface area contributed by atoms with Gasteiger partial charge in [-0.25, -0.2) is 14.6 Å². The van der Waals surface area contributed by atoms with Crippen molar-refractivity contribution in [3.8, 4) is 17.1 Å². The van der Waals surface area contributed by atoms with Crippen LogP contribution < -0.4 is 15.8 Å². The lowest BCUT2D eigenvalue weighted by Gasteiger charge is -2.12. The van der Waals surface area contributed by atoms with E-state index >= 15 is 0 Å². The van der Waals surface area contributed by atoms with Crippen LogP contribution in [0.15, 0.2) is 55.0 Å². The summed E-state index contributed by atoms with van der Waals surface area (Å²) in [6.07, 6.45) is 6.93. The number of fused-ring (bicyclic) bond motifs is 1. The SMILES string of the molecule is NCC(O)COc1cccc(-c2nc(NCc3cccnc3)c3cnn(C4CC4)c3n2)c1. The van der Waals surface area contributed by atoms with Crippen LogP contribution >= 0.6 is 0 Å². The zero-order valence-corrected chi connectivity index (χ0v) is 17.6. The third-order valence-corrected chi connectivity index (χ3v) is 5.34. The second kappa shape index (κ2) is 8.89. The number of aromatic nitrogens is 5. The van der Waals surface area contributed by atoms with Crippen LogP contribution in [0.5, 0.6) is 5.75 Å². The van der Waals surface area contributed by atoms with E-state index in [1.54, 1.807) is 6.20 Å². The fourth-order valence-electron chi connectivity index (χ4n) is 3.45. The molecule has 1 aliphatic rings. The number of pyridine rings is 1. The van der Waals surface area contributed by atoms with Crippen LogP contribution in [-0.4, -0.2) is 49.1 Å². The summed E-state index contributed by atoms with van der Waals surface area (Å²) in [4.78, 5) is 13.8. The average Bonchev–Trinajstić information content (AvgIpc) is 3.60. The van der Waals surface area contributed by atoms with E-state index in [0.29, 0.717) is 24.2 Å². The van der Waals surface area contributed by atoms with Gasteiger partial charge in [0.05, 0.1) is 17.6 Å². The molecule has 1 fully saturated rings. The van der Waals surface area contributed by atoms with Crippen molar-refractivity contribution < 1.29 is 9.84 Å². The van der Waals surface area contributed by atoms with Crippen LogP contribution in [0.2, 0.25) is 0 Å². The van der Waals surface area contributed by atoms with Crippen molar-refractivity contribution in [2.45, 2.75) is 31.5 Å². The lowest BCUT2D eigenvalue weighted by atomic mass is 10.2. The van der Waals surface area contributed by atoms with Gasteiger partial charge >= 0.3 is 0 Å². The Bertz CT molecular complexity index is 1210. The highest BCUT2D eigenvalue weighted by atomic mass is 16.5. The van der Waals surface area contributed by atoms with Crippen LogP contribution in [0.25, 0.3) is 22.4 Å². The molecule has 1 aliphatic carbocycles. The predicted molar refractivity (Wildman–Crippen MR) is 121 cm³/mol. The Labute approximate surface area is 185 Å². The Morgan fingerprint density at radius 3 is 2.88 bits per heavy atom. The summed E-state index contributed by atoms with van der Waals surface area (Å²) in [6.45, 7) is 0.872. The van der Waals surface area contributed by atoms with Crippen LogP contribution in [0.3, 0.4) is 0 Å². The topological polar surface area (TPSA) is 124 Å². The monoisotopic (exact) mass is 431 g/mol. The molecule has 32 heavy (non-hydrogen) atoms. The number of ether oxygens (including phenoxy) is 1. The molecule has 1 atom stereocenters. The van der Waals surface area contributed by atoms with E-state index in [2.05, 4.69) is 15.4 Å².